The van der Waals surface area contributed by atoms with Crippen LogP contribution in [0.5, 0.6) is 0 Å². The molecule has 3 heteroatoms. The Kier molecular flexibility index (Phi) is 3.01. The van der Waals surface area contributed by atoms with Crippen molar-refractivity contribution in [2.75, 3.05) is 6.54 Å². The second-order valence-electron chi connectivity index (χ2n) is 2.35. The highest BCUT2D eigenvalue weighted by atomic mass is 16.3. The van der Waals surface area contributed by atoms with Crippen LogP contribution < -0.4 is 5.73 Å². The lowest BCUT2D eigenvalue weighted by Gasteiger charge is -1.98. The van der Waals surface area contributed by atoms with Crippen LogP contribution in [0.4, 0.5) is 0 Å². The highest BCUT2D eigenvalue weighted by Crippen LogP contribution is 1.99. The lowest BCUT2D eigenvalue weighted by molar-refractivity contribution is 0.281. The van der Waals surface area contributed by atoms with Gasteiger partial charge in [0.2, 0.25) is 0 Å². The molecule has 11 heavy (non-hydrogen) atoms. The van der Waals surface area contributed by atoms with Crippen molar-refractivity contribution in [3.8, 4) is 0 Å². The monoisotopic (exact) mass is 152 g/mol. The number of aliphatic hydroxyl groups excluding tert-OH is 1. The highest BCUT2D eigenvalue weighted by Gasteiger charge is 1.92. The van der Waals surface area contributed by atoms with Gasteiger partial charge in [-0.2, -0.15) is 0 Å². The number of hydrogen-bond donors (Lipinski definition) is 2. The molecule has 0 fully saturated rings. The number of aliphatic hydroxyl groups is 1. The fourth-order valence-corrected chi connectivity index (χ4v) is 0.844. The Hall–Kier alpha value is -0.930. The first-order chi connectivity index (χ1) is 5.36. The Balaban J connectivity index is 2.66. The standard InChI is InChI=1S/C8H12N2O/c9-4-3-8-2-1-7(6-11)5-10-8/h1-2,5,11H,3-4,6,9H2. The van der Waals surface area contributed by atoms with Gasteiger partial charge < -0.3 is 10.8 Å². The largest absolute Gasteiger partial charge is 0.392 e. The molecule has 3 nitrogen and oxygen atoms in total. The molecule has 0 radical (unpaired) electrons. The normalized spacial score (nSPS) is 10.0. The zero-order valence-electron chi connectivity index (χ0n) is 6.33. The fourth-order valence-electron chi connectivity index (χ4n) is 0.844. The second kappa shape index (κ2) is 4.05. The molecule has 0 saturated carbocycles. The van der Waals surface area contributed by atoms with Gasteiger partial charge in [-0.3, -0.25) is 4.98 Å². The topological polar surface area (TPSA) is 59.1 Å². The van der Waals surface area contributed by atoms with Crippen LogP contribution in [0.25, 0.3) is 0 Å². The van der Waals surface area contributed by atoms with Crippen molar-refractivity contribution in [3.05, 3.63) is 29.6 Å². The minimum absolute atomic E-state index is 0.0515. The molecule has 0 aromatic carbocycles. The zero-order valence-corrected chi connectivity index (χ0v) is 6.33. The second-order valence-corrected chi connectivity index (χ2v) is 2.35. The zero-order chi connectivity index (χ0) is 8.10. The van der Waals surface area contributed by atoms with Crippen LogP contribution in [0, 0.1) is 0 Å². The van der Waals surface area contributed by atoms with Gasteiger partial charge in [-0.05, 0) is 18.2 Å². The van der Waals surface area contributed by atoms with Crippen LogP contribution in [-0.4, -0.2) is 16.6 Å². The molecule has 1 rings (SSSR count). The lowest BCUT2D eigenvalue weighted by atomic mass is 10.2. The first-order valence-corrected chi connectivity index (χ1v) is 3.61. The molecule has 0 saturated heterocycles. The highest BCUT2D eigenvalue weighted by molar-refractivity contribution is 5.13. The van der Waals surface area contributed by atoms with E-state index in [4.69, 9.17) is 10.8 Å². The molecule has 1 aromatic heterocycles. The predicted molar refractivity (Wildman–Crippen MR) is 42.9 cm³/mol. The molecule has 0 aliphatic heterocycles. The summed E-state index contributed by atoms with van der Waals surface area (Å²) in [7, 11) is 0. The molecule has 0 spiro atoms. The summed E-state index contributed by atoms with van der Waals surface area (Å²) in [5, 5.41) is 8.69. The summed E-state index contributed by atoms with van der Waals surface area (Å²) in [4.78, 5) is 4.10. The number of pyridine rings is 1. The van der Waals surface area contributed by atoms with Gasteiger partial charge in [0.05, 0.1) is 6.61 Å². The molecule has 0 unspecified atom stereocenters. The summed E-state index contributed by atoms with van der Waals surface area (Å²) in [6.45, 7) is 0.668. The number of hydrogen-bond acceptors (Lipinski definition) is 3. The number of rotatable bonds is 3. The Bertz CT molecular complexity index is 208. The molecule has 0 bridgehead atoms. The van der Waals surface area contributed by atoms with Gasteiger partial charge in [0, 0.05) is 18.3 Å². The molecule has 0 aliphatic carbocycles. The van der Waals surface area contributed by atoms with Crippen molar-refractivity contribution in [2.24, 2.45) is 5.73 Å². The van der Waals surface area contributed by atoms with E-state index in [9.17, 15) is 0 Å². The predicted octanol–water partition coefficient (Wildman–Crippen LogP) is 0.0751. The average Bonchev–Trinajstić information content (AvgIpc) is 2.07. The maximum atomic E-state index is 8.69. The third-order valence-corrected chi connectivity index (χ3v) is 1.47. The van der Waals surface area contributed by atoms with Crippen LogP contribution >= 0.6 is 0 Å². The lowest BCUT2D eigenvalue weighted by Crippen LogP contribution is -2.04. The molecule has 60 valence electrons. The minimum atomic E-state index is 0.0515. The Morgan fingerprint density at radius 2 is 2.27 bits per heavy atom. The molecular weight excluding hydrogens is 140 g/mol. The molecule has 0 amide bonds. The van der Waals surface area contributed by atoms with Gasteiger partial charge in [0.1, 0.15) is 0 Å². The summed E-state index contributed by atoms with van der Waals surface area (Å²) in [5.41, 5.74) is 7.16. The third kappa shape index (κ3) is 2.29. The molecule has 0 aliphatic rings. The Labute approximate surface area is 65.9 Å². The third-order valence-electron chi connectivity index (χ3n) is 1.47. The van der Waals surface area contributed by atoms with E-state index in [-0.39, 0.29) is 6.61 Å². The smallest absolute Gasteiger partial charge is 0.0696 e. The summed E-state index contributed by atoms with van der Waals surface area (Å²) < 4.78 is 0. The van der Waals surface area contributed by atoms with Crippen LogP contribution in [0.15, 0.2) is 18.3 Å². The van der Waals surface area contributed by atoms with Gasteiger partial charge >= 0.3 is 0 Å². The molecule has 1 aromatic rings. The summed E-state index contributed by atoms with van der Waals surface area (Å²) in [6.07, 6.45) is 2.47. The van der Waals surface area contributed by atoms with Crippen molar-refractivity contribution in [3.63, 3.8) is 0 Å². The van der Waals surface area contributed by atoms with Crippen LogP contribution in [0.1, 0.15) is 11.3 Å². The van der Waals surface area contributed by atoms with Gasteiger partial charge in [-0.25, -0.2) is 0 Å². The quantitative estimate of drug-likeness (QED) is 0.644. The van der Waals surface area contributed by atoms with E-state index in [0.29, 0.717) is 6.54 Å². The number of aromatic nitrogens is 1. The van der Waals surface area contributed by atoms with Gasteiger partial charge in [-0.15, -0.1) is 0 Å². The van der Waals surface area contributed by atoms with Gasteiger partial charge in [-0.1, -0.05) is 6.07 Å². The van der Waals surface area contributed by atoms with Crippen molar-refractivity contribution in [1.82, 2.24) is 4.98 Å². The minimum Gasteiger partial charge on any atom is -0.392 e. The Morgan fingerprint density at radius 1 is 1.45 bits per heavy atom. The maximum Gasteiger partial charge on any atom is 0.0696 e. The summed E-state index contributed by atoms with van der Waals surface area (Å²) in [5.74, 6) is 0. The van der Waals surface area contributed by atoms with Crippen molar-refractivity contribution < 1.29 is 5.11 Å². The number of nitrogens with zero attached hydrogens (tertiary/aromatic N) is 1. The molecular formula is C8H12N2O. The van der Waals surface area contributed by atoms with Crippen LogP contribution in [0.3, 0.4) is 0 Å². The van der Waals surface area contributed by atoms with E-state index in [0.717, 1.165) is 17.7 Å². The van der Waals surface area contributed by atoms with Gasteiger partial charge in [0.15, 0.2) is 0 Å². The van der Waals surface area contributed by atoms with Crippen LogP contribution in [-0.2, 0) is 13.0 Å². The SMILES string of the molecule is NCCc1ccc(CO)cn1. The Morgan fingerprint density at radius 3 is 2.73 bits per heavy atom. The maximum absolute atomic E-state index is 8.69. The first kappa shape index (κ1) is 8.17. The first-order valence-electron chi connectivity index (χ1n) is 3.61. The summed E-state index contributed by atoms with van der Waals surface area (Å²) >= 11 is 0. The van der Waals surface area contributed by atoms with Crippen molar-refractivity contribution in [1.29, 1.82) is 0 Å². The van der Waals surface area contributed by atoms with Crippen molar-refractivity contribution in [2.45, 2.75) is 13.0 Å². The molecule has 3 N–H and O–H groups in total. The number of nitrogens with two attached hydrogens (primary N) is 1. The van der Waals surface area contributed by atoms with Gasteiger partial charge in [0.25, 0.3) is 0 Å². The molecule has 1 heterocycles. The van der Waals surface area contributed by atoms with E-state index >= 15 is 0 Å². The average molecular weight is 152 g/mol. The van der Waals surface area contributed by atoms with E-state index in [2.05, 4.69) is 4.98 Å². The fraction of sp³-hybridized carbons (Fsp3) is 0.375. The van der Waals surface area contributed by atoms with E-state index in [1.165, 1.54) is 0 Å². The summed E-state index contributed by atoms with van der Waals surface area (Å²) in [6, 6.07) is 3.75. The van der Waals surface area contributed by atoms with Crippen molar-refractivity contribution >= 4 is 0 Å². The molecule has 0 atom stereocenters. The van der Waals surface area contributed by atoms with E-state index < -0.39 is 0 Å². The van der Waals surface area contributed by atoms with Crippen LogP contribution in [0.2, 0.25) is 0 Å². The van der Waals surface area contributed by atoms with E-state index in [1.807, 2.05) is 12.1 Å². The van der Waals surface area contributed by atoms with E-state index in [1.54, 1.807) is 6.20 Å².